The first-order valence-electron chi connectivity index (χ1n) is 5.11. The van der Waals surface area contributed by atoms with Crippen LogP contribution in [0.3, 0.4) is 0 Å². The highest BCUT2D eigenvalue weighted by atomic mass is 79.9. The van der Waals surface area contributed by atoms with E-state index < -0.39 is 0 Å². The number of nitro groups is 1. The normalized spacial score (nSPS) is 12.4. The molecular formula is C11H13Br2NO2. The predicted octanol–water partition coefficient (Wildman–Crippen LogP) is 4.46. The van der Waals surface area contributed by atoms with Gasteiger partial charge in [-0.2, -0.15) is 0 Å². The topological polar surface area (TPSA) is 43.1 Å². The predicted molar refractivity (Wildman–Crippen MR) is 72.1 cm³/mol. The summed E-state index contributed by atoms with van der Waals surface area (Å²) in [6, 6.07) is 5.21. The number of hydrogen-bond acceptors (Lipinski definition) is 2. The minimum atomic E-state index is -0.328. The van der Waals surface area contributed by atoms with Crippen LogP contribution < -0.4 is 0 Å². The molecule has 0 saturated heterocycles. The third-order valence-electron chi connectivity index (χ3n) is 2.29. The van der Waals surface area contributed by atoms with Crippen molar-refractivity contribution in [1.29, 1.82) is 0 Å². The molecule has 1 aromatic carbocycles. The minimum absolute atomic E-state index is 0.190. The van der Waals surface area contributed by atoms with Crippen LogP contribution in [0.1, 0.15) is 25.3 Å². The summed E-state index contributed by atoms with van der Waals surface area (Å²) >= 11 is 6.79. The van der Waals surface area contributed by atoms with E-state index >= 15 is 0 Å². The fourth-order valence-electron chi connectivity index (χ4n) is 1.53. The zero-order valence-electron chi connectivity index (χ0n) is 8.95. The molecule has 0 fully saturated rings. The Bertz CT molecular complexity index is 382. The van der Waals surface area contributed by atoms with Crippen LogP contribution in [0.15, 0.2) is 22.7 Å². The number of alkyl halides is 1. The smallest absolute Gasteiger partial charge is 0.258 e. The highest BCUT2D eigenvalue weighted by Gasteiger charge is 2.16. The van der Waals surface area contributed by atoms with E-state index in [1.165, 1.54) is 0 Å². The molecule has 0 heterocycles. The first-order chi connectivity index (χ1) is 7.54. The molecule has 3 nitrogen and oxygen atoms in total. The number of nitrogens with zero attached hydrogens (tertiary/aromatic N) is 1. The molecule has 1 unspecified atom stereocenters. The molecule has 0 aliphatic carbocycles. The van der Waals surface area contributed by atoms with Crippen molar-refractivity contribution in [1.82, 2.24) is 0 Å². The van der Waals surface area contributed by atoms with Gasteiger partial charge in [-0.05, 0) is 18.9 Å². The summed E-state index contributed by atoms with van der Waals surface area (Å²) in [5, 5.41) is 10.9. The number of benzene rings is 1. The van der Waals surface area contributed by atoms with E-state index in [0.29, 0.717) is 11.2 Å². The minimum Gasteiger partial charge on any atom is -0.258 e. The van der Waals surface area contributed by atoms with Gasteiger partial charge in [-0.15, -0.1) is 0 Å². The van der Waals surface area contributed by atoms with Gasteiger partial charge >= 0.3 is 0 Å². The molecule has 1 rings (SSSR count). The molecule has 0 spiro atoms. The van der Waals surface area contributed by atoms with Crippen LogP contribution in [0.25, 0.3) is 0 Å². The van der Waals surface area contributed by atoms with Gasteiger partial charge in [-0.3, -0.25) is 10.1 Å². The average Bonchev–Trinajstić information content (AvgIpc) is 2.20. The average molecular weight is 351 g/mol. The number of hydrogen-bond donors (Lipinski definition) is 0. The highest BCUT2D eigenvalue weighted by molar-refractivity contribution is 9.10. The molecule has 0 bridgehead atoms. The molecule has 1 aromatic rings. The van der Waals surface area contributed by atoms with Gasteiger partial charge in [0, 0.05) is 20.9 Å². The van der Waals surface area contributed by atoms with E-state index in [1.807, 2.05) is 12.1 Å². The molecule has 16 heavy (non-hydrogen) atoms. The van der Waals surface area contributed by atoms with Crippen molar-refractivity contribution in [2.75, 3.05) is 0 Å². The second-order valence-electron chi connectivity index (χ2n) is 3.62. The van der Waals surface area contributed by atoms with Crippen molar-refractivity contribution in [3.63, 3.8) is 0 Å². The van der Waals surface area contributed by atoms with Crippen LogP contribution in [-0.4, -0.2) is 9.75 Å². The van der Waals surface area contributed by atoms with E-state index in [1.54, 1.807) is 6.07 Å². The van der Waals surface area contributed by atoms with Crippen molar-refractivity contribution in [3.05, 3.63) is 38.3 Å². The van der Waals surface area contributed by atoms with E-state index in [0.717, 1.165) is 22.9 Å². The Morgan fingerprint density at radius 2 is 2.19 bits per heavy atom. The van der Waals surface area contributed by atoms with E-state index in [-0.39, 0.29) is 10.6 Å². The Kier molecular flexibility index (Phi) is 5.41. The monoisotopic (exact) mass is 349 g/mol. The maximum atomic E-state index is 10.9. The molecule has 0 amide bonds. The van der Waals surface area contributed by atoms with Crippen LogP contribution in [0, 0.1) is 10.1 Å². The standard InChI is InChI=1S/C11H13Br2NO2/c1-2-3-9(12)6-8-4-5-10(13)7-11(8)14(15)16/h4-5,7,9H,2-3,6H2,1H3. The molecule has 0 radical (unpaired) electrons. The maximum Gasteiger partial charge on any atom is 0.273 e. The fraction of sp³-hybridized carbons (Fsp3) is 0.455. The molecule has 0 aliphatic heterocycles. The van der Waals surface area contributed by atoms with Crippen LogP contribution in [0.4, 0.5) is 5.69 Å². The SMILES string of the molecule is CCCC(Br)Cc1ccc(Br)cc1[N+](=O)[O-]. The van der Waals surface area contributed by atoms with E-state index in [2.05, 4.69) is 38.8 Å². The van der Waals surface area contributed by atoms with Crippen molar-refractivity contribution in [3.8, 4) is 0 Å². The quantitative estimate of drug-likeness (QED) is 0.447. The van der Waals surface area contributed by atoms with Gasteiger partial charge in [-0.25, -0.2) is 0 Å². The lowest BCUT2D eigenvalue weighted by molar-refractivity contribution is -0.385. The Balaban J connectivity index is 2.90. The largest absolute Gasteiger partial charge is 0.273 e. The lowest BCUT2D eigenvalue weighted by Gasteiger charge is -2.08. The maximum absolute atomic E-state index is 10.9. The van der Waals surface area contributed by atoms with Crippen molar-refractivity contribution in [2.24, 2.45) is 0 Å². The molecule has 0 saturated carbocycles. The Morgan fingerprint density at radius 1 is 1.50 bits per heavy atom. The number of rotatable bonds is 5. The summed E-state index contributed by atoms with van der Waals surface area (Å²) in [5.41, 5.74) is 0.971. The zero-order chi connectivity index (χ0) is 12.1. The molecule has 1 atom stereocenters. The summed E-state index contributed by atoms with van der Waals surface area (Å²) in [5.74, 6) is 0. The molecule has 88 valence electrons. The second-order valence-corrected chi connectivity index (χ2v) is 5.83. The van der Waals surface area contributed by atoms with Gasteiger partial charge in [0.15, 0.2) is 0 Å². The highest BCUT2D eigenvalue weighted by Crippen LogP contribution is 2.26. The van der Waals surface area contributed by atoms with Gasteiger partial charge in [0.2, 0.25) is 0 Å². The van der Waals surface area contributed by atoms with Crippen LogP contribution in [0.5, 0.6) is 0 Å². The van der Waals surface area contributed by atoms with E-state index in [9.17, 15) is 10.1 Å². The molecule has 0 N–H and O–H groups in total. The number of halogens is 2. The molecule has 0 aliphatic rings. The molecule has 0 aromatic heterocycles. The Hall–Kier alpha value is -0.420. The van der Waals surface area contributed by atoms with Crippen molar-refractivity contribution < 1.29 is 4.92 Å². The van der Waals surface area contributed by atoms with Gasteiger partial charge in [0.25, 0.3) is 5.69 Å². The van der Waals surface area contributed by atoms with E-state index in [4.69, 9.17) is 0 Å². The number of nitro benzene ring substituents is 1. The molecule has 5 heteroatoms. The second kappa shape index (κ2) is 6.35. The van der Waals surface area contributed by atoms with Crippen LogP contribution in [0.2, 0.25) is 0 Å². The third kappa shape index (κ3) is 3.87. The summed E-state index contributed by atoms with van der Waals surface area (Å²) in [6.45, 7) is 2.10. The fourth-order valence-corrected chi connectivity index (χ4v) is 2.69. The van der Waals surface area contributed by atoms with Gasteiger partial charge in [0.1, 0.15) is 0 Å². The lowest BCUT2D eigenvalue weighted by Crippen LogP contribution is -2.04. The first kappa shape index (κ1) is 13.6. The van der Waals surface area contributed by atoms with Gasteiger partial charge in [-0.1, -0.05) is 51.3 Å². The molecular weight excluding hydrogens is 338 g/mol. The van der Waals surface area contributed by atoms with Gasteiger partial charge < -0.3 is 0 Å². The Labute approximate surface area is 112 Å². The third-order valence-corrected chi connectivity index (χ3v) is 3.56. The summed E-state index contributed by atoms with van der Waals surface area (Å²) < 4.78 is 0.740. The summed E-state index contributed by atoms with van der Waals surface area (Å²) in [4.78, 5) is 10.9. The van der Waals surface area contributed by atoms with Crippen molar-refractivity contribution >= 4 is 37.5 Å². The van der Waals surface area contributed by atoms with Crippen LogP contribution >= 0.6 is 31.9 Å². The van der Waals surface area contributed by atoms with Gasteiger partial charge in [0.05, 0.1) is 4.92 Å². The lowest BCUT2D eigenvalue weighted by atomic mass is 10.1. The first-order valence-corrected chi connectivity index (χ1v) is 6.82. The summed E-state index contributed by atoms with van der Waals surface area (Å²) in [6.07, 6.45) is 2.78. The summed E-state index contributed by atoms with van der Waals surface area (Å²) in [7, 11) is 0. The zero-order valence-corrected chi connectivity index (χ0v) is 12.1. The van der Waals surface area contributed by atoms with Crippen LogP contribution in [-0.2, 0) is 6.42 Å². The Morgan fingerprint density at radius 3 is 2.75 bits per heavy atom. The van der Waals surface area contributed by atoms with Crippen molar-refractivity contribution in [2.45, 2.75) is 31.0 Å².